The SMILES string of the molecule is Cc1cnn(Cc2cc(C(=O)NCc3ccccc3CO)no2)c1. The lowest BCUT2D eigenvalue weighted by Crippen LogP contribution is -2.23. The molecule has 124 valence electrons. The quantitative estimate of drug-likeness (QED) is 0.718. The predicted molar refractivity (Wildman–Crippen MR) is 86.1 cm³/mol. The van der Waals surface area contributed by atoms with Crippen molar-refractivity contribution in [3.8, 4) is 0 Å². The Hall–Kier alpha value is -2.93. The van der Waals surface area contributed by atoms with Crippen LogP contribution >= 0.6 is 0 Å². The molecule has 1 aromatic carbocycles. The van der Waals surface area contributed by atoms with E-state index in [0.717, 1.165) is 16.7 Å². The summed E-state index contributed by atoms with van der Waals surface area (Å²) in [5.41, 5.74) is 2.92. The number of rotatable bonds is 6. The average Bonchev–Trinajstić information content (AvgIpc) is 3.22. The maximum absolute atomic E-state index is 12.2. The first kappa shape index (κ1) is 15.9. The second-order valence-corrected chi connectivity index (χ2v) is 5.50. The largest absolute Gasteiger partial charge is 0.392 e. The van der Waals surface area contributed by atoms with E-state index < -0.39 is 0 Å². The van der Waals surface area contributed by atoms with Gasteiger partial charge in [0, 0.05) is 18.8 Å². The number of aliphatic hydroxyl groups is 1. The van der Waals surface area contributed by atoms with Crippen LogP contribution in [0.3, 0.4) is 0 Å². The summed E-state index contributed by atoms with van der Waals surface area (Å²) in [7, 11) is 0. The third kappa shape index (κ3) is 3.69. The fraction of sp³-hybridized carbons (Fsp3) is 0.235. The summed E-state index contributed by atoms with van der Waals surface area (Å²) in [6.45, 7) is 2.62. The van der Waals surface area contributed by atoms with Gasteiger partial charge in [-0.15, -0.1) is 0 Å². The number of nitrogens with zero attached hydrogens (tertiary/aromatic N) is 3. The Bertz CT molecular complexity index is 838. The molecule has 0 aliphatic rings. The van der Waals surface area contributed by atoms with Crippen molar-refractivity contribution < 1.29 is 14.4 Å². The van der Waals surface area contributed by atoms with Gasteiger partial charge in [-0.3, -0.25) is 9.48 Å². The van der Waals surface area contributed by atoms with Crippen LogP contribution < -0.4 is 5.32 Å². The summed E-state index contributed by atoms with van der Waals surface area (Å²) in [6, 6.07) is 8.99. The highest BCUT2D eigenvalue weighted by Gasteiger charge is 2.13. The summed E-state index contributed by atoms with van der Waals surface area (Å²) in [6.07, 6.45) is 3.64. The molecule has 0 spiro atoms. The van der Waals surface area contributed by atoms with Gasteiger partial charge >= 0.3 is 0 Å². The number of aryl methyl sites for hydroxylation is 1. The Morgan fingerprint density at radius 3 is 2.83 bits per heavy atom. The molecule has 3 rings (SSSR count). The van der Waals surface area contributed by atoms with Crippen molar-refractivity contribution in [1.29, 1.82) is 0 Å². The number of aliphatic hydroxyl groups excluding tert-OH is 1. The molecule has 0 saturated heterocycles. The highest BCUT2D eigenvalue weighted by molar-refractivity contribution is 5.92. The molecule has 0 aliphatic carbocycles. The Morgan fingerprint density at radius 1 is 1.33 bits per heavy atom. The fourth-order valence-corrected chi connectivity index (χ4v) is 2.36. The molecule has 7 heteroatoms. The number of benzene rings is 1. The van der Waals surface area contributed by atoms with Crippen molar-refractivity contribution in [2.24, 2.45) is 0 Å². The zero-order chi connectivity index (χ0) is 16.9. The molecular weight excluding hydrogens is 308 g/mol. The van der Waals surface area contributed by atoms with Crippen molar-refractivity contribution in [3.05, 3.63) is 70.9 Å². The van der Waals surface area contributed by atoms with Gasteiger partial charge in [-0.25, -0.2) is 0 Å². The second kappa shape index (κ2) is 7.10. The van der Waals surface area contributed by atoms with Crippen LogP contribution in [0.5, 0.6) is 0 Å². The molecule has 0 aliphatic heterocycles. The summed E-state index contributed by atoms with van der Waals surface area (Å²) >= 11 is 0. The maximum atomic E-state index is 12.2. The Morgan fingerprint density at radius 2 is 2.12 bits per heavy atom. The molecule has 2 aromatic heterocycles. The van der Waals surface area contributed by atoms with Crippen LogP contribution in [0.4, 0.5) is 0 Å². The molecule has 0 fully saturated rings. The van der Waals surface area contributed by atoms with Crippen LogP contribution in [0, 0.1) is 6.92 Å². The zero-order valence-electron chi connectivity index (χ0n) is 13.3. The van der Waals surface area contributed by atoms with Crippen molar-refractivity contribution in [1.82, 2.24) is 20.3 Å². The molecule has 0 saturated carbocycles. The van der Waals surface area contributed by atoms with Crippen molar-refractivity contribution >= 4 is 5.91 Å². The monoisotopic (exact) mass is 326 g/mol. The minimum atomic E-state index is -0.325. The molecule has 7 nitrogen and oxygen atoms in total. The van der Waals surface area contributed by atoms with Gasteiger partial charge in [-0.05, 0) is 23.6 Å². The van der Waals surface area contributed by atoms with Gasteiger partial charge in [-0.2, -0.15) is 5.10 Å². The van der Waals surface area contributed by atoms with Crippen LogP contribution in [-0.4, -0.2) is 26.0 Å². The van der Waals surface area contributed by atoms with Crippen LogP contribution in [0.25, 0.3) is 0 Å². The van der Waals surface area contributed by atoms with E-state index in [1.807, 2.05) is 37.4 Å². The Labute approximate surface area is 138 Å². The normalized spacial score (nSPS) is 10.8. The number of carbonyl (C=O) groups is 1. The molecule has 2 N–H and O–H groups in total. The lowest BCUT2D eigenvalue weighted by Gasteiger charge is -2.07. The standard InChI is InChI=1S/C17H18N4O3/c1-12-7-19-21(9-12)10-15-6-16(20-24-15)17(23)18-8-13-4-2-3-5-14(13)11-22/h2-7,9,22H,8,10-11H2,1H3,(H,18,23). The smallest absolute Gasteiger partial charge is 0.273 e. The van der Waals surface area contributed by atoms with Gasteiger partial charge in [0.25, 0.3) is 5.91 Å². The Balaban J connectivity index is 1.61. The lowest BCUT2D eigenvalue weighted by molar-refractivity contribution is 0.0941. The topological polar surface area (TPSA) is 93.2 Å². The molecule has 1 amide bonds. The summed E-state index contributed by atoms with van der Waals surface area (Å²) in [5.74, 6) is 0.230. The third-order valence-corrected chi connectivity index (χ3v) is 3.60. The number of nitrogens with one attached hydrogen (secondary N) is 1. The van der Waals surface area contributed by atoms with Gasteiger partial charge in [-0.1, -0.05) is 29.4 Å². The minimum Gasteiger partial charge on any atom is -0.392 e. The first-order valence-electron chi connectivity index (χ1n) is 7.56. The maximum Gasteiger partial charge on any atom is 0.273 e. The first-order valence-corrected chi connectivity index (χ1v) is 7.56. The van der Waals surface area contributed by atoms with Gasteiger partial charge < -0.3 is 14.9 Å². The molecule has 2 heterocycles. The average molecular weight is 326 g/mol. The third-order valence-electron chi connectivity index (χ3n) is 3.60. The van der Waals surface area contributed by atoms with Gasteiger partial charge in [0.05, 0.1) is 12.8 Å². The van der Waals surface area contributed by atoms with Gasteiger partial charge in [0.2, 0.25) is 0 Å². The van der Waals surface area contributed by atoms with E-state index in [9.17, 15) is 9.90 Å². The highest BCUT2D eigenvalue weighted by Crippen LogP contribution is 2.10. The molecule has 0 atom stereocenters. The van der Waals surface area contributed by atoms with E-state index in [1.165, 1.54) is 0 Å². The van der Waals surface area contributed by atoms with E-state index in [-0.39, 0.29) is 18.2 Å². The predicted octanol–water partition coefficient (Wildman–Crippen LogP) is 1.65. The first-order chi connectivity index (χ1) is 11.7. The number of hydrogen-bond acceptors (Lipinski definition) is 5. The number of aromatic nitrogens is 3. The lowest BCUT2D eigenvalue weighted by atomic mass is 10.1. The van der Waals surface area contributed by atoms with E-state index >= 15 is 0 Å². The van der Waals surface area contributed by atoms with Crippen LogP contribution in [0.15, 0.2) is 47.2 Å². The molecule has 0 unspecified atom stereocenters. The molecule has 0 radical (unpaired) electrons. The van der Waals surface area contributed by atoms with E-state index in [2.05, 4.69) is 15.6 Å². The summed E-state index contributed by atoms with van der Waals surface area (Å²) in [4.78, 5) is 12.2. The molecule has 0 bridgehead atoms. The van der Waals surface area contributed by atoms with Crippen LogP contribution in [-0.2, 0) is 19.7 Å². The molecular formula is C17H18N4O3. The van der Waals surface area contributed by atoms with E-state index in [0.29, 0.717) is 18.8 Å². The zero-order valence-corrected chi connectivity index (χ0v) is 13.3. The van der Waals surface area contributed by atoms with Crippen molar-refractivity contribution in [3.63, 3.8) is 0 Å². The van der Waals surface area contributed by atoms with E-state index in [1.54, 1.807) is 16.9 Å². The summed E-state index contributed by atoms with van der Waals surface area (Å²) < 4.78 is 6.90. The fourth-order valence-electron chi connectivity index (χ4n) is 2.36. The number of carbonyl (C=O) groups excluding carboxylic acids is 1. The Kier molecular flexibility index (Phi) is 4.72. The van der Waals surface area contributed by atoms with Crippen LogP contribution in [0.1, 0.15) is 32.9 Å². The van der Waals surface area contributed by atoms with Gasteiger partial charge in [0.15, 0.2) is 11.5 Å². The highest BCUT2D eigenvalue weighted by atomic mass is 16.5. The summed E-state index contributed by atoms with van der Waals surface area (Å²) in [5, 5.41) is 20.0. The minimum absolute atomic E-state index is 0.0660. The second-order valence-electron chi connectivity index (χ2n) is 5.50. The van der Waals surface area contributed by atoms with Crippen molar-refractivity contribution in [2.75, 3.05) is 0 Å². The number of amides is 1. The van der Waals surface area contributed by atoms with Crippen LogP contribution in [0.2, 0.25) is 0 Å². The van der Waals surface area contributed by atoms with E-state index in [4.69, 9.17) is 4.52 Å². The number of hydrogen-bond donors (Lipinski definition) is 2. The molecule has 3 aromatic rings. The van der Waals surface area contributed by atoms with Gasteiger partial charge in [0.1, 0.15) is 6.54 Å². The van der Waals surface area contributed by atoms with Crippen molar-refractivity contribution in [2.45, 2.75) is 26.6 Å². The molecule has 24 heavy (non-hydrogen) atoms.